The molecule has 6 rings (SSSR count). The minimum absolute atomic E-state index is 0.0204. The van der Waals surface area contributed by atoms with Crippen LogP contribution in [0.1, 0.15) is 99.8 Å². The first kappa shape index (κ1) is 26.5. The number of carbonyl (C=O) groups is 3. The van der Waals surface area contributed by atoms with Crippen molar-refractivity contribution in [2.45, 2.75) is 112 Å². The molecule has 1 aliphatic heterocycles. The smallest absolute Gasteiger partial charge is 0.312 e. The summed E-state index contributed by atoms with van der Waals surface area (Å²) in [4.78, 5) is 41.5. The molecular weight excluding hydrogens is 478 g/mol. The number of nitrogens with zero attached hydrogens (tertiary/aromatic N) is 1. The van der Waals surface area contributed by atoms with Gasteiger partial charge in [0.1, 0.15) is 18.0 Å². The second-order valence-corrected chi connectivity index (χ2v) is 16.0. The highest BCUT2D eigenvalue weighted by molar-refractivity contribution is 6.00. The zero-order valence-corrected chi connectivity index (χ0v) is 24.5. The fraction of sp³-hybridized carbons (Fsp3) is 0.875. The number of ketones is 2. The zero-order chi connectivity index (χ0) is 27.9. The minimum Gasteiger partial charge on any atom is -0.469 e. The van der Waals surface area contributed by atoms with E-state index in [9.17, 15) is 19.6 Å². The van der Waals surface area contributed by atoms with Gasteiger partial charge in [0.25, 0.3) is 0 Å². The molecule has 208 valence electrons. The molecule has 10 unspecified atom stereocenters. The van der Waals surface area contributed by atoms with Crippen LogP contribution in [0.2, 0.25) is 0 Å². The van der Waals surface area contributed by atoms with Crippen LogP contribution in [0.3, 0.4) is 0 Å². The van der Waals surface area contributed by atoms with E-state index in [1.54, 1.807) is 0 Å². The normalized spacial score (nSPS) is 53.7. The number of nitriles is 1. The van der Waals surface area contributed by atoms with Crippen LogP contribution >= 0.6 is 0 Å². The second-order valence-electron chi connectivity index (χ2n) is 16.0. The fourth-order valence-corrected chi connectivity index (χ4v) is 11.7. The third-order valence-corrected chi connectivity index (χ3v) is 13.9. The number of hydrogen-bond donors (Lipinski definition) is 0. The number of carbonyl (C=O) groups excluding carboxylic acids is 3. The van der Waals surface area contributed by atoms with E-state index in [0.29, 0.717) is 6.42 Å². The Morgan fingerprint density at radius 1 is 0.947 bits per heavy atom. The van der Waals surface area contributed by atoms with Gasteiger partial charge in [-0.05, 0) is 78.9 Å². The Bertz CT molecular complexity index is 1180. The molecule has 0 amide bonds. The number of Topliss-reactive ketones (excluding diaryl/α,β-unsaturated/α-hetero) is 2. The van der Waals surface area contributed by atoms with Crippen molar-refractivity contribution in [3.05, 3.63) is 0 Å². The Hall–Kier alpha value is -1.74. The van der Waals surface area contributed by atoms with Crippen LogP contribution < -0.4 is 0 Å². The zero-order valence-electron chi connectivity index (χ0n) is 24.5. The molecule has 5 saturated carbocycles. The van der Waals surface area contributed by atoms with Crippen LogP contribution in [0.25, 0.3) is 0 Å². The molecule has 5 aliphatic carbocycles. The summed E-state index contributed by atoms with van der Waals surface area (Å²) in [6.07, 6.45) is 6.01. The van der Waals surface area contributed by atoms with E-state index in [1.807, 2.05) is 13.8 Å². The van der Waals surface area contributed by atoms with E-state index < -0.39 is 27.9 Å². The summed E-state index contributed by atoms with van der Waals surface area (Å²) >= 11 is 0. The van der Waals surface area contributed by atoms with Crippen molar-refractivity contribution in [2.75, 3.05) is 7.11 Å². The van der Waals surface area contributed by atoms with Crippen LogP contribution in [0.15, 0.2) is 0 Å². The van der Waals surface area contributed by atoms with Crippen molar-refractivity contribution in [1.82, 2.24) is 0 Å². The lowest BCUT2D eigenvalue weighted by Crippen LogP contribution is -2.71. The predicted octanol–water partition coefficient (Wildman–Crippen LogP) is 5.67. The minimum atomic E-state index is -1.37. The second kappa shape index (κ2) is 7.31. The van der Waals surface area contributed by atoms with Crippen molar-refractivity contribution in [1.29, 1.82) is 5.26 Å². The average molecular weight is 524 g/mol. The Morgan fingerprint density at radius 3 is 2.24 bits per heavy atom. The molecular formula is C32H45NO5. The fourth-order valence-electron chi connectivity index (χ4n) is 11.7. The van der Waals surface area contributed by atoms with E-state index in [2.05, 4.69) is 40.7 Å². The first-order valence-electron chi connectivity index (χ1n) is 14.8. The highest BCUT2D eigenvalue weighted by Crippen LogP contribution is 2.78. The quantitative estimate of drug-likeness (QED) is 0.324. The van der Waals surface area contributed by atoms with Gasteiger partial charge in [-0.3, -0.25) is 14.4 Å². The maximum absolute atomic E-state index is 14.5. The van der Waals surface area contributed by atoms with E-state index in [0.717, 1.165) is 44.9 Å². The van der Waals surface area contributed by atoms with Crippen molar-refractivity contribution in [3.8, 4) is 6.07 Å². The van der Waals surface area contributed by atoms with Gasteiger partial charge < -0.3 is 9.47 Å². The lowest BCUT2D eigenvalue weighted by Gasteiger charge is -2.71. The largest absolute Gasteiger partial charge is 0.469 e. The number of epoxide rings is 1. The Kier molecular flexibility index (Phi) is 5.09. The summed E-state index contributed by atoms with van der Waals surface area (Å²) in [5.41, 5.74) is -3.43. The number of ether oxygens (including phenoxy) is 2. The lowest BCUT2D eigenvalue weighted by molar-refractivity contribution is -0.236. The summed E-state index contributed by atoms with van der Waals surface area (Å²) in [5, 5.41) is 10.1. The molecule has 1 saturated heterocycles. The molecule has 1 heterocycles. The van der Waals surface area contributed by atoms with Gasteiger partial charge in [0.2, 0.25) is 5.60 Å². The average Bonchev–Trinajstić information content (AvgIpc) is 3.61. The Morgan fingerprint density at radius 2 is 1.61 bits per heavy atom. The van der Waals surface area contributed by atoms with E-state index in [1.165, 1.54) is 7.11 Å². The van der Waals surface area contributed by atoms with Crippen LogP contribution in [-0.4, -0.2) is 36.4 Å². The highest BCUT2D eigenvalue weighted by Gasteiger charge is 2.84. The molecule has 0 aromatic rings. The number of fused-ring (bicyclic) bond motifs is 9. The van der Waals surface area contributed by atoms with Crippen molar-refractivity contribution in [3.63, 3.8) is 0 Å². The van der Waals surface area contributed by atoms with Crippen LogP contribution in [0.5, 0.6) is 0 Å². The number of methoxy groups -OCH3 is 1. The molecule has 0 N–H and O–H groups in total. The Labute approximate surface area is 227 Å². The van der Waals surface area contributed by atoms with Gasteiger partial charge in [-0.15, -0.1) is 0 Å². The maximum Gasteiger partial charge on any atom is 0.312 e. The number of hydrogen-bond acceptors (Lipinski definition) is 6. The van der Waals surface area contributed by atoms with E-state index in [-0.39, 0.29) is 57.5 Å². The molecule has 10 atom stereocenters. The molecule has 6 nitrogen and oxygen atoms in total. The summed E-state index contributed by atoms with van der Waals surface area (Å²) in [6, 6.07) is 2.27. The van der Waals surface area contributed by atoms with Gasteiger partial charge in [-0.2, -0.15) is 5.26 Å². The first-order chi connectivity index (χ1) is 17.5. The third kappa shape index (κ3) is 2.71. The first-order valence-corrected chi connectivity index (χ1v) is 14.8. The SMILES string of the molecule is COC(=O)C12CCC(C)(C)CC1C1C(=O)CC3C4(C)C(CCC3(C)C1(C)CC2)C(C)(C)C(=O)C1(C#N)OC14. The molecule has 0 bridgehead atoms. The molecule has 0 aromatic heterocycles. The highest BCUT2D eigenvalue weighted by atomic mass is 16.6. The molecule has 38 heavy (non-hydrogen) atoms. The third-order valence-electron chi connectivity index (χ3n) is 13.9. The van der Waals surface area contributed by atoms with Crippen LogP contribution in [-0.2, 0) is 23.9 Å². The summed E-state index contributed by atoms with van der Waals surface area (Å²) < 4.78 is 11.6. The summed E-state index contributed by atoms with van der Waals surface area (Å²) in [7, 11) is 1.49. The molecule has 6 heteroatoms. The van der Waals surface area contributed by atoms with E-state index >= 15 is 0 Å². The topological polar surface area (TPSA) is 96.8 Å². The molecule has 6 fully saturated rings. The van der Waals surface area contributed by atoms with Crippen molar-refractivity contribution in [2.24, 2.45) is 56.2 Å². The molecule has 0 radical (unpaired) electrons. The van der Waals surface area contributed by atoms with Gasteiger partial charge >= 0.3 is 5.97 Å². The predicted molar refractivity (Wildman–Crippen MR) is 140 cm³/mol. The molecule has 6 aliphatic rings. The lowest BCUT2D eigenvalue weighted by atomic mass is 9.31. The number of esters is 1. The maximum atomic E-state index is 14.5. The van der Waals surface area contributed by atoms with Gasteiger partial charge in [0, 0.05) is 23.2 Å². The van der Waals surface area contributed by atoms with Gasteiger partial charge in [-0.25, -0.2) is 0 Å². The van der Waals surface area contributed by atoms with Crippen molar-refractivity contribution < 1.29 is 23.9 Å². The summed E-state index contributed by atoms with van der Waals surface area (Å²) in [6.45, 7) is 15.5. The molecule has 0 aromatic carbocycles. The molecule has 0 spiro atoms. The summed E-state index contributed by atoms with van der Waals surface area (Å²) in [5.74, 6) is -0.0617. The van der Waals surface area contributed by atoms with Gasteiger partial charge in [0.05, 0.1) is 12.5 Å². The monoisotopic (exact) mass is 523 g/mol. The Balaban J connectivity index is 1.47. The van der Waals surface area contributed by atoms with Crippen molar-refractivity contribution >= 4 is 17.5 Å². The van der Waals surface area contributed by atoms with Crippen LogP contribution in [0.4, 0.5) is 0 Å². The van der Waals surface area contributed by atoms with Crippen LogP contribution in [0, 0.1) is 67.5 Å². The van der Waals surface area contributed by atoms with Gasteiger partial charge in [0.15, 0.2) is 5.78 Å². The van der Waals surface area contributed by atoms with Gasteiger partial charge in [-0.1, -0.05) is 48.5 Å². The van der Waals surface area contributed by atoms with E-state index in [4.69, 9.17) is 9.47 Å². The number of rotatable bonds is 1. The standard InChI is InChI=1S/C32H45NO5/c1-26(2)11-13-31(25(36)37-8)14-12-29(6)22(18(31)16-26)19(34)15-21-28(29,5)10-9-20-27(3,4)23(35)32(17-33)24(38-32)30(20,21)7/h18,20-22,24H,9-16H2,1-8H3.